The zero-order valence-electron chi connectivity index (χ0n) is 10.5. The van der Waals surface area contributed by atoms with Crippen LogP contribution in [0.3, 0.4) is 0 Å². The minimum absolute atomic E-state index is 0.364. The third-order valence-corrected chi connectivity index (χ3v) is 4.75. The van der Waals surface area contributed by atoms with Crippen molar-refractivity contribution in [2.24, 2.45) is 0 Å². The SMILES string of the molecule is Cc1cc(Cl)c(C(Cl)c2cc(Br)ccc2Cl)cc1C. The van der Waals surface area contributed by atoms with E-state index in [4.69, 9.17) is 34.8 Å². The summed E-state index contributed by atoms with van der Waals surface area (Å²) >= 11 is 22.5. The van der Waals surface area contributed by atoms with E-state index in [1.54, 1.807) is 0 Å². The number of halogens is 4. The van der Waals surface area contributed by atoms with Gasteiger partial charge in [-0.1, -0.05) is 45.2 Å². The molecule has 2 rings (SSSR count). The highest BCUT2D eigenvalue weighted by atomic mass is 79.9. The number of rotatable bonds is 2. The molecule has 0 nitrogen and oxygen atoms in total. The van der Waals surface area contributed by atoms with E-state index in [0.717, 1.165) is 26.7 Å². The van der Waals surface area contributed by atoms with Gasteiger partial charge < -0.3 is 0 Å². The van der Waals surface area contributed by atoms with Gasteiger partial charge in [0.15, 0.2) is 0 Å². The quantitative estimate of drug-likeness (QED) is 0.510. The molecule has 0 bridgehead atoms. The highest BCUT2D eigenvalue weighted by molar-refractivity contribution is 9.10. The minimum Gasteiger partial charge on any atom is -0.112 e. The second-order valence-corrected chi connectivity index (χ2v) is 6.65. The first-order valence-corrected chi connectivity index (χ1v) is 7.74. The fraction of sp³-hybridized carbons (Fsp3) is 0.200. The van der Waals surface area contributed by atoms with Crippen LogP contribution in [-0.2, 0) is 0 Å². The lowest BCUT2D eigenvalue weighted by Gasteiger charge is -2.16. The van der Waals surface area contributed by atoms with Crippen molar-refractivity contribution in [3.8, 4) is 0 Å². The molecule has 0 amide bonds. The molecule has 0 aliphatic rings. The number of alkyl halides is 1. The predicted octanol–water partition coefficient (Wildman–Crippen LogP) is 6.70. The maximum Gasteiger partial charge on any atom is 0.0864 e. The second kappa shape index (κ2) is 6.05. The molecule has 0 N–H and O–H groups in total. The molecule has 2 aromatic carbocycles. The van der Waals surface area contributed by atoms with Gasteiger partial charge in [-0.2, -0.15) is 0 Å². The minimum atomic E-state index is -0.364. The van der Waals surface area contributed by atoms with E-state index >= 15 is 0 Å². The Kier molecular flexibility index (Phi) is 4.84. The molecule has 0 aromatic heterocycles. The summed E-state index contributed by atoms with van der Waals surface area (Å²) in [6, 6.07) is 9.59. The summed E-state index contributed by atoms with van der Waals surface area (Å²) in [6.07, 6.45) is 0. The third kappa shape index (κ3) is 3.28. The Hall–Kier alpha value is -0.210. The molecule has 0 saturated heterocycles. The van der Waals surface area contributed by atoms with Crippen LogP contribution in [0.15, 0.2) is 34.8 Å². The average Bonchev–Trinajstić information content (AvgIpc) is 2.36. The van der Waals surface area contributed by atoms with Crippen LogP contribution in [0.5, 0.6) is 0 Å². The number of hydrogen-bond acceptors (Lipinski definition) is 0. The predicted molar refractivity (Wildman–Crippen MR) is 87.8 cm³/mol. The monoisotopic (exact) mass is 376 g/mol. The summed E-state index contributed by atoms with van der Waals surface area (Å²) in [4.78, 5) is 0. The van der Waals surface area contributed by atoms with Crippen LogP contribution < -0.4 is 0 Å². The first-order valence-electron chi connectivity index (χ1n) is 5.76. The molecule has 1 atom stereocenters. The molecule has 0 radical (unpaired) electrons. The van der Waals surface area contributed by atoms with Gasteiger partial charge in [0.25, 0.3) is 0 Å². The molecule has 0 saturated carbocycles. The molecule has 0 heterocycles. The largest absolute Gasteiger partial charge is 0.112 e. The van der Waals surface area contributed by atoms with Crippen LogP contribution in [0.2, 0.25) is 10.0 Å². The molecule has 1 unspecified atom stereocenters. The maximum atomic E-state index is 6.55. The van der Waals surface area contributed by atoms with Gasteiger partial charge in [0, 0.05) is 14.5 Å². The van der Waals surface area contributed by atoms with Crippen molar-refractivity contribution in [2.45, 2.75) is 19.2 Å². The first-order chi connectivity index (χ1) is 8.90. The highest BCUT2D eigenvalue weighted by Crippen LogP contribution is 2.39. The van der Waals surface area contributed by atoms with E-state index in [-0.39, 0.29) is 5.38 Å². The van der Waals surface area contributed by atoms with E-state index in [9.17, 15) is 0 Å². The van der Waals surface area contributed by atoms with E-state index in [2.05, 4.69) is 15.9 Å². The molecule has 0 spiro atoms. The van der Waals surface area contributed by atoms with Crippen molar-refractivity contribution in [1.29, 1.82) is 0 Å². The van der Waals surface area contributed by atoms with Crippen molar-refractivity contribution in [3.63, 3.8) is 0 Å². The molecule has 100 valence electrons. The zero-order chi connectivity index (χ0) is 14.2. The van der Waals surface area contributed by atoms with Gasteiger partial charge in [-0.3, -0.25) is 0 Å². The van der Waals surface area contributed by atoms with Crippen LogP contribution in [-0.4, -0.2) is 0 Å². The smallest absolute Gasteiger partial charge is 0.0864 e. The van der Waals surface area contributed by atoms with Crippen LogP contribution >= 0.6 is 50.7 Å². The van der Waals surface area contributed by atoms with Crippen LogP contribution in [0.1, 0.15) is 27.6 Å². The molecule has 2 aromatic rings. The van der Waals surface area contributed by atoms with Gasteiger partial charge in [-0.25, -0.2) is 0 Å². The molecular weight excluding hydrogens is 366 g/mol. The van der Waals surface area contributed by atoms with Gasteiger partial charge >= 0.3 is 0 Å². The zero-order valence-corrected chi connectivity index (χ0v) is 14.3. The molecule has 19 heavy (non-hydrogen) atoms. The third-order valence-electron chi connectivity index (χ3n) is 3.12. The molecule has 0 aliphatic carbocycles. The second-order valence-electron chi connectivity index (χ2n) is 4.49. The lowest BCUT2D eigenvalue weighted by molar-refractivity contribution is 1.12. The van der Waals surface area contributed by atoms with Gasteiger partial charge in [0.2, 0.25) is 0 Å². The summed E-state index contributed by atoms with van der Waals surface area (Å²) in [5.74, 6) is 0. The summed E-state index contributed by atoms with van der Waals surface area (Å²) in [5.41, 5.74) is 4.04. The topological polar surface area (TPSA) is 0 Å². The van der Waals surface area contributed by atoms with Gasteiger partial charge in [-0.15, -0.1) is 11.6 Å². The standard InChI is InChI=1S/C15H12BrCl3/c1-8-5-11(14(18)6-9(8)2)15(19)12-7-10(16)3-4-13(12)17/h3-7,15H,1-2H3. The lowest BCUT2D eigenvalue weighted by Crippen LogP contribution is -1.97. The summed E-state index contributed by atoms with van der Waals surface area (Å²) in [6.45, 7) is 4.07. The average molecular weight is 379 g/mol. The lowest BCUT2D eigenvalue weighted by atomic mass is 10.00. The fourth-order valence-electron chi connectivity index (χ4n) is 1.87. The van der Waals surface area contributed by atoms with E-state index in [0.29, 0.717) is 10.0 Å². The van der Waals surface area contributed by atoms with E-state index < -0.39 is 0 Å². The Labute approximate surface area is 136 Å². The Balaban J connectivity index is 2.52. The Bertz CT molecular complexity index is 623. The summed E-state index contributed by atoms with van der Waals surface area (Å²) < 4.78 is 0.942. The van der Waals surface area contributed by atoms with E-state index in [1.807, 2.05) is 44.2 Å². The molecular formula is C15H12BrCl3. The Morgan fingerprint density at radius 3 is 2.16 bits per heavy atom. The van der Waals surface area contributed by atoms with Crippen molar-refractivity contribution in [1.82, 2.24) is 0 Å². The molecule has 4 heteroatoms. The number of hydrogen-bond donors (Lipinski definition) is 0. The highest BCUT2D eigenvalue weighted by Gasteiger charge is 2.18. The number of aryl methyl sites for hydroxylation is 2. The van der Waals surface area contributed by atoms with Crippen molar-refractivity contribution in [3.05, 3.63) is 67.1 Å². The van der Waals surface area contributed by atoms with Crippen LogP contribution in [0.25, 0.3) is 0 Å². The van der Waals surface area contributed by atoms with Crippen molar-refractivity contribution < 1.29 is 0 Å². The summed E-state index contributed by atoms with van der Waals surface area (Å²) in [7, 11) is 0. The maximum absolute atomic E-state index is 6.55. The van der Waals surface area contributed by atoms with Gasteiger partial charge in [-0.05, 0) is 60.4 Å². The first kappa shape index (κ1) is 15.2. The Morgan fingerprint density at radius 2 is 1.47 bits per heavy atom. The summed E-state index contributed by atoms with van der Waals surface area (Å²) in [5, 5.41) is 0.938. The fourth-order valence-corrected chi connectivity index (χ4v) is 3.28. The van der Waals surface area contributed by atoms with Crippen LogP contribution in [0.4, 0.5) is 0 Å². The normalized spacial score (nSPS) is 12.5. The van der Waals surface area contributed by atoms with Crippen LogP contribution in [0, 0.1) is 13.8 Å². The van der Waals surface area contributed by atoms with Gasteiger partial charge in [0.1, 0.15) is 0 Å². The Morgan fingerprint density at radius 1 is 0.895 bits per heavy atom. The van der Waals surface area contributed by atoms with Crippen molar-refractivity contribution >= 4 is 50.7 Å². The van der Waals surface area contributed by atoms with E-state index in [1.165, 1.54) is 0 Å². The number of benzene rings is 2. The van der Waals surface area contributed by atoms with Crippen molar-refractivity contribution in [2.75, 3.05) is 0 Å². The van der Waals surface area contributed by atoms with Gasteiger partial charge in [0.05, 0.1) is 5.38 Å². The molecule has 0 fully saturated rings. The molecule has 0 aliphatic heterocycles.